The van der Waals surface area contributed by atoms with Crippen LogP contribution in [0.25, 0.3) is 0 Å². The Bertz CT molecular complexity index is 778. The fourth-order valence-corrected chi connectivity index (χ4v) is 2.82. The van der Waals surface area contributed by atoms with Crippen molar-refractivity contribution in [3.63, 3.8) is 0 Å². The van der Waals surface area contributed by atoms with E-state index in [-0.39, 0.29) is 11.9 Å². The van der Waals surface area contributed by atoms with E-state index < -0.39 is 0 Å². The molecule has 0 unspecified atom stereocenters. The maximum absolute atomic E-state index is 11.9. The number of pyridine rings is 1. The summed E-state index contributed by atoms with van der Waals surface area (Å²) in [5.41, 5.74) is 1.57. The highest BCUT2D eigenvalue weighted by atomic mass is 16.5. The Morgan fingerprint density at radius 2 is 1.75 bits per heavy atom. The molecule has 0 bridgehead atoms. The van der Waals surface area contributed by atoms with Crippen molar-refractivity contribution in [3.8, 4) is 0 Å². The summed E-state index contributed by atoms with van der Waals surface area (Å²) in [5, 5.41) is 8.31. The molecule has 3 rings (SSSR count). The zero-order chi connectivity index (χ0) is 19.6. The maximum atomic E-state index is 11.9. The van der Waals surface area contributed by atoms with Crippen LogP contribution < -0.4 is 20.9 Å². The Kier molecular flexibility index (Phi) is 7.20. The molecular formula is C20H25N5O3. The molecule has 2 aromatic rings. The highest BCUT2D eigenvalue weighted by Gasteiger charge is 2.12. The molecule has 8 nitrogen and oxygen atoms in total. The molecule has 8 heteroatoms. The summed E-state index contributed by atoms with van der Waals surface area (Å²) in [6.07, 6.45) is 1.75. The molecule has 28 heavy (non-hydrogen) atoms. The number of benzene rings is 1. The van der Waals surface area contributed by atoms with Gasteiger partial charge >= 0.3 is 6.03 Å². The number of urea groups is 1. The van der Waals surface area contributed by atoms with Crippen LogP contribution in [0.4, 0.5) is 10.6 Å². The second kappa shape index (κ2) is 10.3. The van der Waals surface area contributed by atoms with Gasteiger partial charge in [-0.2, -0.15) is 0 Å². The van der Waals surface area contributed by atoms with Crippen LogP contribution in [0.2, 0.25) is 0 Å². The van der Waals surface area contributed by atoms with Crippen LogP contribution in [0.1, 0.15) is 15.9 Å². The summed E-state index contributed by atoms with van der Waals surface area (Å²) in [4.78, 5) is 30.4. The summed E-state index contributed by atoms with van der Waals surface area (Å²) in [5.74, 6) is 0.738. The summed E-state index contributed by atoms with van der Waals surface area (Å²) >= 11 is 0. The average Bonchev–Trinajstić information content (AvgIpc) is 2.76. The van der Waals surface area contributed by atoms with Crippen molar-refractivity contribution in [1.82, 2.24) is 20.9 Å². The first-order valence-corrected chi connectivity index (χ1v) is 9.35. The van der Waals surface area contributed by atoms with Crippen LogP contribution in [-0.4, -0.2) is 56.3 Å². The molecule has 0 atom stereocenters. The SMILES string of the molecule is O=C(NCCNC(=O)c1ccccc1)NCc1ccnc(N2CCOCC2)c1. The topological polar surface area (TPSA) is 95.6 Å². The van der Waals surface area contributed by atoms with E-state index in [9.17, 15) is 9.59 Å². The Morgan fingerprint density at radius 3 is 2.54 bits per heavy atom. The van der Waals surface area contributed by atoms with Crippen LogP contribution in [0.3, 0.4) is 0 Å². The summed E-state index contributed by atoms with van der Waals surface area (Å²) in [7, 11) is 0. The Morgan fingerprint density at radius 1 is 1.00 bits per heavy atom. The molecule has 148 valence electrons. The lowest BCUT2D eigenvalue weighted by Crippen LogP contribution is -2.40. The zero-order valence-electron chi connectivity index (χ0n) is 15.7. The van der Waals surface area contributed by atoms with Crippen molar-refractivity contribution in [2.24, 2.45) is 0 Å². The van der Waals surface area contributed by atoms with E-state index in [0.29, 0.717) is 38.4 Å². The first-order chi connectivity index (χ1) is 13.7. The van der Waals surface area contributed by atoms with Crippen molar-refractivity contribution >= 4 is 17.8 Å². The van der Waals surface area contributed by atoms with E-state index in [2.05, 4.69) is 25.8 Å². The Labute approximate surface area is 164 Å². The predicted octanol–water partition coefficient (Wildman–Crippen LogP) is 1.15. The molecule has 1 fully saturated rings. The average molecular weight is 383 g/mol. The van der Waals surface area contributed by atoms with Crippen molar-refractivity contribution in [2.75, 3.05) is 44.3 Å². The van der Waals surface area contributed by atoms with Gasteiger partial charge in [0.15, 0.2) is 0 Å². The fourth-order valence-electron chi connectivity index (χ4n) is 2.82. The van der Waals surface area contributed by atoms with Gasteiger partial charge < -0.3 is 25.6 Å². The number of nitrogens with zero attached hydrogens (tertiary/aromatic N) is 2. The number of hydrogen-bond donors (Lipinski definition) is 3. The number of rotatable bonds is 7. The monoisotopic (exact) mass is 383 g/mol. The second-order valence-electron chi connectivity index (χ2n) is 6.35. The standard InChI is InChI=1S/C20H25N5O3/c26-19(17-4-2-1-3-5-17)22-8-9-23-20(27)24-15-16-6-7-21-18(14-16)25-10-12-28-13-11-25/h1-7,14H,8-13,15H2,(H,22,26)(H2,23,24,27). The quantitative estimate of drug-likeness (QED) is 0.624. The molecule has 3 N–H and O–H groups in total. The molecule has 1 aromatic carbocycles. The lowest BCUT2D eigenvalue weighted by Gasteiger charge is -2.28. The van der Waals surface area contributed by atoms with Crippen molar-refractivity contribution < 1.29 is 14.3 Å². The smallest absolute Gasteiger partial charge is 0.315 e. The number of ether oxygens (including phenoxy) is 1. The van der Waals surface area contributed by atoms with Gasteiger partial charge in [-0.1, -0.05) is 18.2 Å². The molecule has 3 amide bonds. The Balaban J connectivity index is 1.36. The van der Waals surface area contributed by atoms with Gasteiger partial charge in [0.2, 0.25) is 0 Å². The van der Waals surface area contributed by atoms with Crippen molar-refractivity contribution in [3.05, 3.63) is 59.8 Å². The minimum Gasteiger partial charge on any atom is -0.378 e. The minimum absolute atomic E-state index is 0.157. The van der Waals surface area contributed by atoms with Gasteiger partial charge in [-0.15, -0.1) is 0 Å². The van der Waals surface area contributed by atoms with E-state index in [1.54, 1.807) is 18.3 Å². The van der Waals surface area contributed by atoms with Gasteiger partial charge in [-0.25, -0.2) is 9.78 Å². The third kappa shape index (κ3) is 5.95. The van der Waals surface area contributed by atoms with E-state index >= 15 is 0 Å². The van der Waals surface area contributed by atoms with Gasteiger partial charge in [0.05, 0.1) is 13.2 Å². The van der Waals surface area contributed by atoms with E-state index in [1.807, 2.05) is 30.3 Å². The van der Waals surface area contributed by atoms with Crippen LogP contribution in [0.15, 0.2) is 48.7 Å². The number of carbonyl (C=O) groups is 2. The van der Waals surface area contributed by atoms with Gasteiger partial charge in [-0.05, 0) is 29.8 Å². The highest BCUT2D eigenvalue weighted by Crippen LogP contribution is 2.14. The number of carbonyl (C=O) groups excluding carboxylic acids is 2. The first-order valence-electron chi connectivity index (χ1n) is 9.35. The molecule has 2 heterocycles. The van der Waals surface area contributed by atoms with E-state index in [0.717, 1.165) is 24.5 Å². The van der Waals surface area contributed by atoms with Gasteiger partial charge in [0.25, 0.3) is 5.91 Å². The summed E-state index contributed by atoms with van der Waals surface area (Å²) in [6.45, 7) is 4.15. The highest BCUT2D eigenvalue weighted by molar-refractivity contribution is 5.94. The lowest BCUT2D eigenvalue weighted by molar-refractivity contribution is 0.0954. The molecule has 0 saturated carbocycles. The molecule has 1 saturated heterocycles. The van der Waals surface area contributed by atoms with Crippen molar-refractivity contribution in [2.45, 2.75) is 6.54 Å². The zero-order valence-corrected chi connectivity index (χ0v) is 15.7. The van der Waals surface area contributed by atoms with Gasteiger partial charge in [0.1, 0.15) is 5.82 Å². The van der Waals surface area contributed by atoms with Crippen LogP contribution >= 0.6 is 0 Å². The molecule has 1 aromatic heterocycles. The number of hydrogen-bond acceptors (Lipinski definition) is 5. The third-order valence-electron chi connectivity index (χ3n) is 4.33. The van der Waals surface area contributed by atoms with Crippen molar-refractivity contribution in [1.29, 1.82) is 0 Å². The number of morpholine rings is 1. The fraction of sp³-hybridized carbons (Fsp3) is 0.350. The molecule has 0 spiro atoms. The lowest BCUT2D eigenvalue weighted by atomic mass is 10.2. The maximum Gasteiger partial charge on any atom is 0.315 e. The number of aromatic nitrogens is 1. The molecule has 1 aliphatic heterocycles. The molecular weight excluding hydrogens is 358 g/mol. The van der Waals surface area contributed by atoms with Crippen LogP contribution in [-0.2, 0) is 11.3 Å². The molecule has 0 radical (unpaired) electrons. The molecule has 1 aliphatic rings. The van der Waals surface area contributed by atoms with E-state index in [4.69, 9.17) is 4.74 Å². The number of anilines is 1. The largest absolute Gasteiger partial charge is 0.378 e. The predicted molar refractivity (Wildman–Crippen MR) is 106 cm³/mol. The molecule has 0 aliphatic carbocycles. The Hall–Kier alpha value is -3.13. The second-order valence-corrected chi connectivity index (χ2v) is 6.35. The minimum atomic E-state index is -0.279. The van der Waals surface area contributed by atoms with Crippen LogP contribution in [0, 0.1) is 0 Å². The van der Waals surface area contributed by atoms with Crippen LogP contribution in [0.5, 0.6) is 0 Å². The van der Waals surface area contributed by atoms with E-state index in [1.165, 1.54) is 0 Å². The normalized spacial score (nSPS) is 13.6. The number of nitrogens with one attached hydrogen (secondary N) is 3. The number of amides is 3. The van der Waals surface area contributed by atoms with Gasteiger partial charge in [-0.3, -0.25) is 4.79 Å². The summed E-state index contributed by atoms with van der Waals surface area (Å²) in [6, 6.07) is 12.5. The summed E-state index contributed by atoms with van der Waals surface area (Å²) < 4.78 is 5.36. The third-order valence-corrected chi connectivity index (χ3v) is 4.33. The van der Waals surface area contributed by atoms with Gasteiger partial charge in [0, 0.05) is 44.5 Å². The first kappa shape index (κ1) is 19.6.